The Morgan fingerprint density at radius 3 is 2.37 bits per heavy atom. The molecule has 0 atom stereocenters. The minimum absolute atomic E-state index is 0.0782. The van der Waals surface area contributed by atoms with Gasteiger partial charge in [0.1, 0.15) is 0 Å². The Balaban J connectivity index is 2.92. The summed E-state index contributed by atoms with van der Waals surface area (Å²) in [6.07, 6.45) is 0.989. The summed E-state index contributed by atoms with van der Waals surface area (Å²) in [6, 6.07) is 0. The predicted octanol–water partition coefficient (Wildman–Crippen LogP) is 1.31. The summed E-state index contributed by atoms with van der Waals surface area (Å²) in [6.45, 7) is -1.16. The number of aliphatic hydroxyl groups excluding tert-OH is 1. The fourth-order valence-corrected chi connectivity index (χ4v) is 2.88. The molecule has 7 heteroatoms. The van der Waals surface area contributed by atoms with E-state index < -0.39 is 24.3 Å². The van der Waals surface area contributed by atoms with Gasteiger partial charge in [-0.2, -0.15) is 0 Å². The molecule has 1 saturated carbocycles. The summed E-state index contributed by atoms with van der Waals surface area (Å²) in [5, 5.41) is 8.92. The van der Waals surface area contributed by atoms with E-state index in [9.17, 15) is 13.6 Å². The number of hydrogen-bond donors (Lipinski definition) is 2. The average molecular weight is 294 g/mol. The Kier molecular flexibility index (Phi) is 6.06. The van der Waals surface area contributed by atoms with Crippen molar-refractivity contribution in [2.75, 3.05) is 19.7 Å². The minimum Gasteiger partial charge on any atom is -0.395 e. The van der Waals surface area contributed by atoms with Crippen molar-refractivity contribution in [3.63, 3.8) is 0 Å². The number of halogens is 2. The van der Waals surface area contributed by atoms with Crippen LogP contribution in [0.5, 0.6) is 0 Å². The van der Waals surface area contributed by atoms with Crippen LogP contribution in [0, 0.1) is 5.41 Å². The van der Waals surface area contributed by atoms with Gasteiger partial charge >= 0.3 is 0 Å². The van der Waals surface area contributed by atoms with E-state index in [1.807, 2.05) is 0 Å². The first-order valence-electron chi connectivity index (χ1n) is 6.42. The SMILES string of the molecule is NC(=S)C1(C(=O)N(CCO)CC(F)F)CCCCC1. The Bertz CT molecular complexity index is 334. The molecular weight excluding hydrogens is 274 g/mol. The molecule has 0 aromatic rings. The zero-order valence-electron chi connectivity index (χ0n) is 10.8. The summed E-state index contributed by atoms with van der Waals surface area (Å²) in [5.74, 6) is -0.464. The van der Waals surface area contributed by atoms with Gasteiger partial charge in [0.05, 0.1) is 23.6 Å². The van der Waals surface area contributed by atoms with Crippen LogP contribution in [-0.2, 0) is 4.79 Å². The molecular formula is C12H20F2N2O2S. The first-order valence-corrected chi connectivity index (χ1v) is 6.83. The molecule has 1 aliphatic carbocycles. The standard InChI is InChI=1S/C12H20F2N2O2S/c13-9(14)8-16(6-7-17)11(18)12(10(15)19)4-2-1-3-5-12/h9,17H,1-8H2,(H2,15,19). The van der Waals surface area contributed by atoms with Gasteiger partial charge in [-0.15, -0.1) is 0 Å². The molecule has 0 saturated heterocycles. The second-order valence-corrected chi connectivity index (χ2v) is 5.31. The number of alkyl halides is 2. The number of carbonyl (C=O) groups is 1. The van der Waals surface area contributed by atoms with E-state index in [4.69, 9.17) is 23.1 Å². The van der Waals surface area contributed by atoms with Crippen LogP contribution in [-0.4, -0.2) is 47.0 Å². The van der Waals surface area contributed by atoms with E-state index in [1.165, 1.54) is 0 Å². The van der Waals surface area contributed by atoms with Gasteiger partial charge in [-0.1, -0.05) is 31.5 Å². The zero-order valence-corrected chi connectivity index (χ0v) is 11.6. The summed E-state index contributed by atoms with van der Waals surface area (Å²) in [4.78, 5) is 13.6. The summed E-state index contributed by atoms with van der Waals surface area (Å²) >= 11 is 5.00. The van der Waals surface area contributed by atoms with E-state index in [1.54, 1.807) is 0 Å². The first-order chi connectivity index (χ1) is 8.94. The number of hydrogen-bond acceptors (Lipinski definition) is 3. The number of thiocarbonyl (C=S) groups is 1. The van der Waals surface area contributed by atoms with Crippen LogP contribution >= 0.6 is 12.2 Å². The predicted molar refractivity (Wildman–Crippen MR) is 72.0 cm³/mol. The van der Waals surface area contributed by atoms with Gasteiger partial charge in [0.2, 0.25) is 5.91 Å². The highest BCUT2D eigenvalue weighted by molar-refractivity contribution is 7.80. The normalized spacial score (nSPS) is 18.3. The van der Waals surface area contributed by atoms with Crippen LogP contribution in [0.1, 0.15) is 32.1 Å². The number of nitrogens with two attached hydrogens (primary N) is 1. The van der Waals surface area contributed by atoms with Crippen LogP contribution in [0.15, 0.2) is 0 Å². The fraction of sp³-hybridized carbons (Fsp3) is 0.833. The molecule has 0 aliphatic heterocycles. The van der Waals surface area contributed by atoms with Gasteiger partial charge in [0.25, 0.3) is 6.43 Å². The van der Waals surface area contributed by atoms with Gasteiger partial charge in [0.15, 0.2) is 0 Å². The quantitative estimate of drug-likeness (QED) is 0.725. The lowest BCUT2D eigenvalue weighted by Crippen LogP contribution is -2.53. The number of aliphatic hydroxyl groups is 1. The van der Waals surface area contributed by atoms with Crippen molar-refractivity contribution in [2.24, 2.45) is 11.1 Å². The highest BCUT2D eigenvalue weighted by Crippen LogP contribution is 2.38. The Morgan fingerprint density at radius 1 is 1.37 bits per heavy atom. The van der Waals surface area contributed by atoms with Crippen LogP contribution in [0.25, 0.3) is 0 Å². The Morgan fingerprint density at radius 2 is 1.95 bits per heavy atom. The number of amides is 1. The van der Waals surface area contributed by atoms with Crippen molar-refractivity contribution < 1.29 is 18.7 Å². The van der Waals surface area contributed by atoms with Gasteiger partial charge in [-0.25, -0.2) is 8.78 Å². The van der Waals surface area contributed by atoms with Gasteiger partial charge in [-0.05, 0) is 12.8 Å². The van der Waals surface area contributed by atoms with Crippen molar-refractivity contribution >= 4 is 23.1 Å². The molecule has 3 N–H and O–H groups in total. The highest BCUT2D eigenvalue weighted by atomic mass is 32.1. The summed E-state index contributed by atoms with van der Waals surface area (Å²) < 4.78 is 25.0. The molecule has 1 fully saturated rings. The van der Waals surface area contributed by atoms with Gasteiger partial charge in [-0.3, -0.25) is 4.79 Å². The number of carbonyl (C=O) groups excluding carboxylic acids is 1. The fourth-order valence-electron chi connectivity index (χ4n) is 2.59. The third kappa shape index (κ3) is 3.82. The lowest BCUT2D eigenvalue weighted by Gasteiger charge is -2.38. The lowest BCUT2D eigenvalue weighted by atomic mass is 9.73. The van der Waals surface area contributed by atoms with E-state index >= 15 is 0 Å². The molecule has 0 spiro atoms. The monoisotopic (exact) mass is 294 g/mol. The third-order valence-electron chi connectivity index (χ3n) is 3.60. The molecule has 1 rings (SSSR count). The van der Waals surface area contributed by atoms with E-state index in [2.05, 4.69) is 0 Å². The topological polar surface area (TPSA) is 66.6 Å². The molecule has 1 aliphatic rings. The van der Waals surface area contributed by atoms with E-state index in [-0.39, 0.29) is 18.1 Å². The maximum absolute atomic E-state index is 12.5. The largest absolute Gasteiger partial charge is 0.395 e. The van der Waals surface area contributed by atoms with Crippen molar-refractivity contribution in [3.05, 3.63) is 0 Å². The molecule has 0 aromatic carbocycles. The maximum atomic E-state index is 12.5. The molecule has 4 nitrogen and oxygen atoms in total. The van der Waals surface area contributed by atoms with Crippen LogP contribution in [0.3, 0.4) is 0 Å². The Hall–Kier alpha value is -0.820. The summed E-state index contributed by atoms with van der Waals surface area (Å²) in [7, 11) is 0. The number of rotatable bonds is 6. The molecule has 0 heterocycles. The second kappa shape index (κ2) is 7.09. The van der Waals surface area contributed by atoms with Gasteiger partial charge in [0, 0.05) is 6.54 Å². The van der Waals surface area contributed by atoms with Crippen molar-refractivity contribution in [2.45, 2.75) is 38.5 Å². The van der Waals surface area contributed by atoms with Crippen LogP contribution in [0.2, 0.25) is 0 Å². The summed E-state index contributed by atoms with van der Waals surface area (Å²) in [5.41, 5.74) is 4.70. The maximum Gasteiger partial charge on any atom is 0.255 e. The molecule has 0 bridgehead atoms. The smallest absolute Gasteiger partial charge is 0.255 e. The van der Waals surface area contributed by atoms with E-state index in [0.29, 0.717) is 12.8 Å². The number of nitrogens with zero attached hydrogens (tertiary/aromatic N) is 1. The molecule has 0 unspecified atom stereocenters. The van der Waals surface area contributed by atoms with Crippen LogP contribution < -0.4 is 5.73 Å². The molecule has 1 amide bonds. The first kappa shape index (κ1) is 16.2. The van der Waals surface area contributed by atoms with Gasteiger partial charge < -0.3 is 15.7 Å². The van der Waals surface area contributed by atoms with Crippen molar-refractivity contribution in [3.8, 4) is 0 Å². The second-order valence-electron chi connectivity index (χ2n) is 4.87. The third-order valence-corrected chi connectivity index (χ3v) is 3.99. The molecule has 0 radical (unpaired) electrons. The Labute approximate surface area is 116 Å². The average Bonchev–Trinajstić information content (AvgIpc) is 2.37. The van der Waals surface area contributed by atoms with Crippen LogP contribution in [0.4, 0.5) is 8.78 Å². The molecule has 19 heavy (non-hydrogen) atoms. The minimum atomic E-state index is -2.64. The van der Waals surface area contributed by atoms with Crippen molar-refractivity contribution in [1.82, 2.24) is 4.90 Å². The zero-order chi connectivity index (χ0) is 14.5. The van der Waals surface area contributed by atoms with Crippen molar-refractivity contribution in [1.29, 1.82) is 0 Å². The lowest BCUT2D eigenvalue weighted by molar-refractivity contribution is -0.142. The molecule has 110 valence electrons. The highest BCUT2D eigenvalue weighted by Gasteiger charge is 2.44. The van der Waals surface area contributed by atoms with E-state index in [0.717, 1.165) is 24.2 Å². The molecule has 0 aromatic heterocycles.